The maximum Gasteiger partial charge on any atom is 0.357 e. The van der Waals surface area contributed by atoms with Crippen molar-refractivity contribution < 1.29 is 13.9 Å². The van der Waals surface area contributed by atoms with Crippen molar-refractivity contribution in [2.24, 2.45) is 17.6 Å². The molecule has 1 aromatic carbocycles. The van der Waals surface area contributed by atoms with Gasteiger partial charge in [-0.1, -0.05) is 6.92 Å². The molecule has 4 atom stereocenters. The Kier molecular flexibility index (Phi) is 5.77. The largest absolute Gasteiger partial charge is 0.461 e. The molecule has 0 radical (unpaired) electrons. The molecule has 10 heteroatoms. The summed E-state index contributed by atoms with van der Waals surface area (Å²) < 4.78 is 20.3. The van der Waals surface area contributed by atoms with Gasteiger partial charge in [-0.2, -0.15) is 0 Å². The molecule has 2 fully saturated rings. The minimum atomic E-state index is -0.435. The first kappa shape index (κ1) is 22.9. The zero-order chi connectivity index (χ0) is 24.3. The standard InChI is InChI=1S/C25H26FN5O2S2/c1-3-11-6-14(26)9-16-19-21(15-7-13-5-12(15)8-17(13)27)30-24(31-22(19)29-20(11)16)35-25-28-18(10-34-25)23(32)33-4-2/h6,9-10,12-13,15,17H,3-5,7-8,27H2,1-2H3,(H,29,30,31)/t12-,13-,15?,17-/m1/s1. The Balaban J connectivity index is 1.47. The molecule has 3 N–H and O–H groups in total. The summed E-state index contributed by atoms with van der Waals surface area (Å²) in [5, 5.41) is 4.01. The average Bonchev–Trinajstić information content (AvgIpc) is 3.61. The molecule has 35 heavy (non-hydrogen) atoms. The second kappa shape index (κ2) is 8.83. The van der Waals surface area contributed by atoms with Gasteiger partial charge in [0.15, 0.2) is 15.2 Å². The molecule has 2 bridgehead atoms. The number of esters is 1. The summed E-state index contributed by atoms with van der Waals surface area (Å²) in [6, 6.07) is 3.44. The molecular weight excluding hydrogens is 485 g/mol. The molecule has 0 amide bonds. The predicted octanol–water partition coefficient (Wildman–Crippen LogP) is 5.44. The average molecular weight is 512 g/mol. The molecule has 2 aliphatic rings. The lowest BCUT2D eigenvalue weighted by Crippen LogP contribution is -2.29. The van der Waals surface area contributed by atoms with Crippen LogP contribution in [0.4, 0.5) is 4.39 Å². The third-order valence-electron chi connectivity index (χ3n) is 7.40. The third-order valence-corrected chi connectivity index (χ3v) is 9.21. The van der Waals surface area contributed by atoms with Crippen LogP contribution in [0.1, 0.15) is 60.8 Å². The van der Waals surface area contributed by atoms with Crippen molar-refractivity contribution in [2.75, 3.05) is 6.61 Å². The lowest BCUT2D eigenvalue weighted by atomic mass is 9.83. The number of fused-ring (bicyclic) bond motifs is 5. The van der Waals surface area contributed by atoms with Gasteiger partial charge in [0.05, 0.1) is 17.8 Å². The van der Waals surface area contributed by atoms with Gasteiger partial charge >= 0.3 is 5.97 Å². The van der Waals surface area contributed by atoms with Gasteiger partial charge in [-0.3, -0.25) is 0 Å². The minimum Gasteiger partial charge on any atom is -0.461 e. The molecule has 6 rings (SSSR count). The Morgan fingerprint density at radius 3 is 2.80 bits per heavy atom. The Bertz CT molecular complexity index is 1450. The Morgan fingerprint density at radius 1 is 1.23 bits per heavy atom. The van der Waals surface area contributed by atoms with Gasteiger partial charge in [0.1, 0.15) is 11.5 Å². The summed E-state index contributed by atoms with van der Waals surface area (Å²) >= 11 is 2.70. The van der Waals surface area contributed by atoms with Crippen molar-refractivity contribution in [3.8, 4) is 0 Å². The van der Waals surface area contributed by atoms with E-state index in [0.717, 1.165) is 46.8 Å². The molecule has 182 valence electrons. The molecular formula is C25H26FN5O2S2. The van der Waals surface area contributed by atoms with Crippen LogP contribution in [0.25, 0.3) is 21.9 Å². The van der Waals surface area contributed by atoms with E-state index in [0.29, 0.717) is 40.0 Å². The van der Waals surface area contributed by atoms with Gasteiger partial charge in [0.2, 0.25) is 0 Å². The van der Waals surface area contributed by atoms with Crippen molar-refractivity contribution in [3.05, 3.63) is 40.3 Å². The van der Waals surface area contributed by atoms with Gasteiger partial charge in [0, 0.05) is 28.1 Å². The highest BCUT2D eigenvalue weighted by Crippen LogP contribution is 2.53. The van der Waals surface area contributed by atoms with Crippen LogP contribution in [0.15, 0.2) is 27.0 Å². The van der Waals surface area contributed by atoms with Crippen LogP contribution in [-0.4, -0.2) is 38.6 Å². The number of nitrogens with zero attached hydrogens (tertiary/aromatic N) is 3. The summed E-state index contributed by atoms with van der Waals surface area (Å²) in [6.45, 7) is 4.09. The molecule has 0 aliphatic heterocycles. The van der Waals surface area contributed by atoms with E-state index >= 15 is 0 Å². The summed E-state index contributed by atoms with van der Waals surface area (Å²) in [5.41, 5.74) is 10.2. The van der Waals surface area contributed by atoms with Crippen LogP contribution >= 0.6 is 23.1 Å². The van der Waals surface area contributed by atoms with Crippen LogP contribution in [0.2, 0.25) is 0 Å². The predicted molar refractivity (Wildman–Crippen MR) is 134 cm³/mol. The molecule has 7 nitrogen and oxygen atoms in total. The van der Waals surface area contributed by atoms with Gasteiger partial charge in [-0.05, 0) is 73.9 Å². The number of halogens is 1. The van der Waals surface area contributed by atoms with Crippen LogP contribution < -0.4 is 5.73 Å². The van der Waals surface area contributed by atoms with Gasteiger partial charge < -0.3 is 15.5 Å². The molecule has 1 unspecified atom stereocenters. The lowest BCUT2D eigenvalue weighted by Gasteiger charge is -2.25. The zero-order valence-electron chi connectivity index (χ0n) is 19.5. The Labute approximate surface area is 210 Å². The van der Waals surface area contributed by atoms with Gasteiger partial charge in [-0.15, -0.1) is 11.3 Å². The number of carbonyl (C=O) groups excluding carboxylic acids is 1. The summed E-state index contributed by atoms with van der Waals surface area (Å²) in [6.07, 6.45) is 3.82. The Morgan fingerprint density at radius 2 is 2.09 bits per heavy atom. The molecule has 2 saturated carbocycles. The molecule has 4 aromatic rings. The summed E-state index contributed by atoms with van der Waals surface area (Å²) in [7, 11) is 0. The number of hydrogen-bond donors (Lipinski definition) is 2. The van der Waals surface area contributed by atoms with E-state index in [1.807, 2.05) is 6.92 Å². The topological polar surface area (TPSA) is 107 Å². The summed E-state index contributed by atoms with van der Waals surface area (Å²) in [5.74, 6) is 0.568. The van der Waals surface area contributed by atoms with Crippen molar-refractivity contribution in [2.45, 2.75) is 61.0 Å². The van der Waals surface area contributed by atoms with E-state index in [9.17, 15) is 9.18 Å². The third kappa shape index (κ3) is 3.91. The van der Waals surface area contributed by atoms with Crippen molar-refractivity contribution >= 4 is 51.0 Å². The molecule has 0 saturated heterocycles. The van der Waals surface area contributed by atoms with Crippen LogP contribution in [0, 0.1) is 17.7 Å². The minimum absolute atomic E-state index is 0.246. The van der Waals surface area contributed by atoms with E-state index in [-0.39, 0.29) is 23.5 Å². The number of nitrogens with one attached hydrogen (secondary N) is 1. The van der Waals surface area contributed by atoms with Crippen molar-refractivity contribution in [1.29, 1.82) is 0 Å². The maximum absolute atomic E-state index is 14.6. The fraction of sp³-hybridized carbons (Fsp3) is 0.440. The number of ether oxygens (including phenoxy) is 1. The first-order chi connectivity index (χ1) is 16.9. The van der Waals surface area contributed by atoms with E-state index < -0.39 is 5.97 Å². The van der Waals surface area contributed by atoms with Crippen LogP contribution in [0.3, 0.4) is 0 Å². The van der Waals surface area contributed by atoms with E-state index in [4.69, 9.17) is 20.4 Å². The van der Waals surface area contributed by atoms with E-state index in [1.165, 1.54) is 23.1 Å². The second-order valence-electron chi connectivity index (χ2n) is 9.40. The number of carbonyl (C=O) groups is 1. The van der Waals surface area contributed by atoms with E-state index in [2.05, 4.69) is 9.97 Å². The fourth-order valence-electron chi connectivity index (χ4n) is 5.87. The van der Waals surface area contributed by atoms with Crippen LogP contribution in [-0.2, 0) is 11.2 Å². The number of aromatic amines is 1. The highest BCUT2D eigenvalue weighted by Gasteiger charge is 2.46. The Hall–Kier alpha value is -2.56. The number of H-pyrrole nitrogens is 1. The number of hydrogen-bond acceptors (Lipinski definition) is 8. The van der Waals surface area contributed by atoms with Crippen molar-refractivity contribution in [1.82, 2.24) is 19.9 Å². The number of aromatic nitrogens is 4. The van der Waals surface area contributed by atoms with Gasteiger partial charge in [0.25, 0.3) is 0 Å². The number of rotatable bonds is 6. The number of benzene rings is 1. The zero-order valence-corrected chi connectivity index (χ0v) is 21.1. The normalized spacial score (nSPS) is 23.5. The quantitative estimate of drug-likeness (QED) is 0.262. The highest BCUT2D eigenvalue weighted by atomic mass is 32.2. The number of aryl methyl sites for hydroxylation is 1. The highest BCUT2D eigenvalue weighted by molar-refractivity contribution is 8.00. The van der Waals surface area contributed by atoms with E-state index in [1.54, 1.807) is 24.4 Å². The fourth-order valence-corrected chi connectivity index (χ4v) is 7.52. The van der Waals surface area contributed by atoms with Crippen molar-refractivity contribution in [3.63, 3.8) is 0 Å². The first-order valence-electron chi connectivity index (χ1n) is 12.0. The monoisotopic (exact) mass is 511 g/mol. The number of thiazole rings is 1. The summed E-state index contributed by atoms with van der Waals surface area (Å²) in [4.78, 5) is 29.8. The first-order valence-corrected chi connectivity index (χ1v) is 13.7. The second-order valence-corrected chi connectivity index (χ2v) is 11.5. The molecule has 2 aliphatic carbocycles. The maximum atomic E-state index is 14.6. The SMILES string of the molecule is CCOC(=O)c1csc(Sc2nc(C3C[C@H]4C[C@@H]3C[C@H]4N)c3c(n2)[nH]c2c(CC)cc(F)cc23)n1. The number of nitrogens with two attached hydrogens (primary N) is 1. The molecule has 3 aromatic heterocycles. The molecule has 0 spiro atoms. The van der Waals surface area contributed by atoms with Gasteiger partial charge in [-0.25, -0.2) is 24.1 Å². The lowest BCUT2D eigenvalue weighted by molar-refractivity contribution is 0.0520. The molecule has 3 heterocycles. The van der Waals surface area contributed by atoms with Crippen LogP contribution in [0.5, 0.6) is 0 Å². The smallest absolute Gasteiger partial charge is 0.357 e.